The van der Waals surface area contributed by atoms with E-state index in [0.717, 1.165) is 18.2 Å². The van der Waals surface area contributed by atoms with Crippen LogP contribution in [0.2, 0.25) is 0 Å². The molecular formula is C14H8F4O. The van der Waals surface area contributed by atoms with Crippen LogP contribution in [-0.4, -0.2) is 6.29 Å². The van der Waals surface area contributed by atoms with Gasteiger partial charge in [0.2, 0.25) is 0 Å². The fourth-order valence-electron chi connectivity index (χ4n) is 1.78. The van der Waals surface area contributed by atoms with Gasteiger partial charge in [-0.15, -0.1) is 0 Å². The summed E-state index contributed by atoms with van der Waals surface area (Å²) in [5.74, 6) is -0.950. The number of carbonyl (C=O) groups excluding carboxylic acids is 1. The Morgan fingerprint density at radius 1 is 0.947 bits per heavy atom. The fraction of sp³-hybridized carbons (Fsp3) is 0.0714. The van der Waals surface area contributed by atoms with Crippen molar-refractivity contribution in [3.63, 3.8) is 0 Å². The van der Waals surface area contributed by atoms with Gasteiger partial charge in [-0.05, 0) is 17.7 Å². The molecule has 0 aliphatic carbocycles. The van der Waals surface area contributed by atoms with Crippen molar-refractivity contribution in [1.29, 1.82) is 0 Å². The molecule has 0 saturated carbocycles. The van der Waals surface area contributed by atoms with E-state index in [0.29, 0.717) is 11.8 Å². The van der Waals surface area contributed by atoms with E-state index in [9.17, 15) is 22.4 Å². The molecule has 0 aliphatic rings. The zero-order valence-electron chi connectivity index (χ0n) is 9.54. The number of carbonyl (C=O) groups is 1. The zero-order chi connectivity index (χ0) is 14.0. The molecule has 19 heavy (non-hydrogen) atoms. The number of benzene rings is 2. The molecule has 0 aliphatic heterocycles. The van der Waals surface area contributed by atoms with Gasteiger partial charge in [-0.3, -0.25) is 4.79 Å². The molecule has 2 rings (SSSR count). The van der Waals surface area contributed by atoms with Gasteiger partial charge in [0.25, 0.3) is 0 Å². The second-order valence-corrected chi connectivity index (χ2v) is 3.90. The van der Waals surface area contributed by atoms with Crippen molar-refractivity contribution in [1.82, 2.24) is 0 Å². The number of halogens is 4. The molecule has 0 unspecified atom stereocenters. The average molecular weight is 268 g/mol. The summed E-state index contributed by atoms with van der Waals surface area (Å²) in [4.78, 5) is 10.5. The van der Waals surface area contributed by atoms with Crippen LogP contribution in [0, 0.1) is 5.82 Å². The second-order valence-electron chi connectivity index (χ2n) is 3.90. The molecule has 0 radical (unpaired) electrons. The first kappa shape index (κ1) is 13.3. The highest BCUT2D eigenvalue weighted by Gasteiger charge is 2.34. The van der Waals surface area contributed by atoms with E-state index in [1.165, 1.54) is 24.3 Å². The first-order valence-electron chi connectivity index (χ1n) is 5.35. The lowest BCUT2D eigenvalue weighted by molar-refractivity contribution is -0.137. The molecule has 0 aromatic heterocycles. The quantitative estimate of drug-likeness (QED) is 0.585. The van der Waals surface area contributed by atoms with Gasteiger partial charge in [-0.2, -0.15) is 13.2 Å². The first-order valence-corrected chi connectivity index (χ1v) is 5.35. The molecule has 0 spiro atoms. The normalized spacial score (nSPS) is 11.4. The Morgan fingerprint density at radius 3 is 2.11 bits per heavy atom. The van der Waals surface area contributed by atoms with E-state index in [4.69, 9.17) is 0 Å². The van der Waals surface area contributed by atoms with Gasteiger partial charge in [0.1, 0.15) is 12.1 Å². The van der Waals surface area contributed by atoms with Crippen LogP contribution in [0.25, 0.3) is 11.1 Å². The van der Waals surface area contributed by atoms with Crippen LogP contribution in [-0.2, 0) is 6.18 Å². The monoisotopic (exact) mass is 268 g/mol. The summed E-state index contributed by atoms with van der Waals surface area (Å²) in [6, 6.07) is 8.07. The molecule has 0 atom stereocenters. The molecule has 0 bridgehead atoms. The maximum atomic E-state index is 13.7. The summed E-state index contributed by atoms with van der Waals surface area (Å²) in [6.45, 7) is 0. The van der Waals surface area contributed by atoms with Crippen LogP contribution in [0.1, 0.15) is 15.9 Å². The third-order valence-electron chi connectivity index (χ3n) is 2.65. The van der Waals surface area contributed by atoms with E-state index in [1.807, 2.05) is 0 Å². The van der Waals surface area contributed by atoms with Gasteiger partial charge >= 0.3 is 6.18 Å². The molecule has 0 fully saturated rings. The molecule has 5 heteroatoms. The van der Waals surface area contributed by atoms with E-state index in [1.54, 1.807) is 0 Å². The number of hydrogen-bond acceptors (Lipinski definition) is 1. The summed E-state index contributed by atoms with van der Waals surface area (Å²) in [7, 11) is 0. The van der Waals surface area contributed by atoms with E-state index < -0.39 is 23.1 Å². The van der Waals surface area contributed by atoms with Gasteiger partial charge < -0.3 is 0 Å². The molecule has 0 amide bonds. The summed E-state index contributed by atoms with van der Waals surface area (Å²) in [5.41, 5.74) is -1.15. The van der Waals surface area contributed by atoms with E-state index >= 15 is 0 Å². The molecule has 1 nitrogen and oxygen atoms in total. The topological polar surface area (TPSA) is 17.1 Å². The lowest BCUT2D eigenvalue weighted by Gasteiger charge is -2.13. The Kier molecular flexibility index (Phi) is 3.38. The standard InChI is InChI=1S/C14H8F4O/c15-12-3-1-2-11(14(16,17)18)13(12)10-6-4-9(8-19)5-7-10/h1-8H. The number of hydrogen-bond donors (Lipinski definition) is 0. The lowest BCUT2D eigenvalue weighted by Crippen LogP contribution is -2.08. The Balaban J connectivity index is 2.63. The smallest absolute Gasteiger partial charge is 0.298 e. The molecule has 0 N–H and O–H groups in total. The molecular weight excluding hydrogens is 260 g/mol. The number of rotatable bonds is 2. The van der Waals surface area contributed by atoms with Crippen LogP contribution in [0.4, 0.5) is 17.6 Å². The van der Waals surface area contributed by atoms with E-state index in [-0.39, 0.29) is 5.56 Å². The highest BCUT2D eigenvalue weighted by Crippen LogP contribution is 2.38. The predicted molar refractivity (Wildman–Crippen MR) is 62.2 cm³/mol. The average Bonchev–Trinajstić information content (AvgIpc) is 2.37. The summed E-state index contributed by atoms with van der Waals surface area (Å²) in [6.07, 6.45) is -4.07. The van der Waals surface area contributed by atoms with Crippen LogP contribution in [0.3, 0.4) is 0 Å². The molecule has 0 saturated heterocycles. The molecule has 98 valence electrons. The predicted octanol–water partition coefficient (Wildman–Crippen LogP) is 4.32. The highest BCUT2D eigenvalue weighted by molar-refractivity contribution is 5.77. The second kappa shape index (κ2) is 4.84. The first-order chi connectivity index (χ1) is 8.93. The summed E-state index contributed by atoms with van der Waals surface area (Å²) < 4.78 is 52.2. The summed E-state index contributed by atoms with van der Waals surface area (Å²) >= 11 is 0. The van der Waals surface area contributed by atoms with Crippen molar-refractivity contribution in [3.05, 3.63) is 59.4 Å². The number of alkyl halides is 3. The molecule has 0 heterocycles. The third-order valence-corrected chi connectivity index (χ3v) is 2.65. The van der Waals surface area contributed by atoms with Gasteiger partial charge in [0.05, 0.1) is 5.56 Å². The third kappa shape index (κ3) is 2.65. The van der Waals surface area contributed by atoms with E-state index in [2.05, 4.69) is 0 Å². The Hall–Kier alpha value is -2.17. The SMILES string of the molecule is O=Cc1ccc(-c2c(F)cccc2C(F)(F)F)cc1. The van der Waals surface area contributed by atoms with Crippen LogP contribution in [0.5, 0.6) is 0 Å². The Bertz CT molecular complexity index is 600. The minimum absolute atomic E-state index is 0.0797. The maximum Gasteiger partial charge on any atom is 0.417 e. The maximum absolute atomic E-state index is 13.7. The zero-order valence-corrected chi connectivity index (χ0v) is 9.54. The van der Waals surface area contributed by atoms with Crippen molar-refractivity contribution < 1.29 is 22.4 Å². The van der Waals surface area contributed by atoms with Crippen molar-refractivity contribution in [2.75, 3.05) is 0 Å². The lowest BCUT2D eigenvalue weighted by atomic mass is 9.98. The van der Waals surface area contributed by atoms with Crippen molar-refractivity contribution in [2.45, 2.75) is 6.18 Å². The fourth-order valence-corrected chi connectivity index (χ4v) is 1.78. The van der Waals surface area contributed by atoms with Crippen molar-refractivity contribution in [3.8, 4) is 11.1 Å². The largest absolute Gasteiger partial charge is 0.417 e. The minimum Gasteiger partial charge on any atom is -0.298 e. The Labute approximate surface area is 106 Å². The Morgan fingerprint density at radius 2 is 1.58 bits per heavy atom. The highest BCUT2D eigenvalue weighted by atomic mass is 19.4. The van der Waals surface area contributed by atoms with Gasteiger partial charge in [0, 0.05) is 11.1 Å². The van der Waals surface area contributed by atoms with Crippen LogP contribution >= 0.6 is 0 Å². The minimum atomic E-state index is -4.64. The number of aldehydes is 1. The van der Waals surface area contributed by atoms with Crippen molar-refractivity contribution in [2.24, 2.45) is 0 Å². The van der Waals surface area contributed by atoms with Crippen LogP contribution in [0.15, 0.2) is 42.5 Å². The van der Waals surface area contributed by atoms with Crippen LogP contribution < -0.4 is 0 Å². The van der Waals surface area contributed by atoms with Gasteiger partial charge in [-0.1, -0.05) is 30.3 Å². The molecule has 2 aromatic carbocycles. The summed E-state index contributed by atoms with van der Waals surface area (Å²) in [5, 5.41) is 0. The molecule has 2 aromatic rings. The van der Waals surface area contributed by atoms with Crippen molar-refractivity contribution >= 4 is 6.29 Å². The van der Waals surface area contributed by atoms with Gasteiger partial charge in [0.15, 0.2) is 0 Å². The van der Waals surface area contributed by atoms with Gasteiger partial charge in [-0.25, -0.2) is 4.39 Å².